The Balaban J connectivity index is 1.82. The fraction of sp³-hybridized carbons (Fsp3) is 0. The van der Waals surface area contributed by atoms with Crippen molar-refractivity contribution in [1.82, 2.24) is 20.2 Å². The summed E-state index contributed by atoms with van der Waals surface area (Å²) in [5.74, 6) is 0.559. The molecule has 0 bridgehead atoms. The molecule has 0 amide bonds. The van der Waals surface area contributed by atoms with Crippen molar-refractivity contribution in [1.29, 1.82) is 5.26 Å². The van der Waals surface area contributed by atoms with Crippen molar-refractivity contribution in [3.63, 3.8) is 0 Å². The van der Waals surface area contributed by atoms with E-state index in [-0.39, 0.29) is 0 Å². The zero-order valence-corrected chi connectivity index (χ0v) is 12.6. The lowest BCUT2D eigenvalue weighted by atomic mass is 10.2. The van der Waals surface area contributed by atoms with Crippen LogP contribution in [0, 0.1) is 11.3 Å². The van der Waals surface area contributed by atoms with Gasteiger partial charge in [0.15, 0.2) is 5.82 Å². The predicted octanol–water partition coefficient (Wildman–Crippen LogP) is 3.27. The van der Waals surface area contributed by atoms with Gasteiger partial charge in [0.05, 0.1) is 16.9 Å². The van der Waals surface area contributed by atoms with Gasteiger partial charge in [0, 0.05) is 17.3 Å². The number of tetrazole rings is 1. The van der Waals surface area contributed by atoms with Crippen LogP contribution in [0.1, 0.15) is 11.4 Å². The maximum Gasteiger partial charge on any atom is 0.181 e. The summed E-state index contributed by atoms with van der Waals surface area (Å²) in [6.45, 7) is 0. The third-order valence-corrected chi connectivity index (χ3v) is 3.30. The Kier molecular flexibility index (Phi) is 4.32. The van der Waals surface area contributed by atoms with Gasteiger partial charge in [-0.1, -0.05) is 29.8 Å². The summed E-state index contributed by atoms with van der Waals surface area (Å²) in [4.78, 5) is 0. The number of para-hydroxylation sites is 1. The van der Waals surface area contributed by atoms with Crippen LogP contribution in [0.5, 0.6) is 0 Å². The first-order valence-corrected chi connectivity index (χ1v) is 7.12. The number of anilines is 1. The summed E-state index contributed by atoms with van der Waals surface area (Å²) in [6, 6.07) is 16.7. The minimum atomic E-state index is 0.502. The van der Waals surface area contributed by atoms with Crippen LogP contribution < -0.4 is 5.32 Å². The van der Waals surface area contributed by atoms with E-state index in [2.05, 4.69) is 26.9 Å². The molecular formula is C16H11ClN6. The Morgan fingerprint density at radius 1 is 1.17 bits per heavy atom. The van der Waals surface area contributed by atoms with Crippen molar-refractivity contribution in [3.05, 3.63) is 71.1 Å². The molecule has 3 aromatic rings. The Hall–Kier alpha value is -3.17. The van der Waals surface area contributed by atoms with E-state index in [0.717, 1.165) is 5.69 Å². The number of halogens is 1. The standard InChI is InChI=1S/C16H11ClN6/c17-13-7-6-12(11-18)15(10-13)19-9-8-16-20-21-22-23(16)14-4-2-1-3-5-14/h1-10,19H. The van der Waals surface area contributed by atoms with E-state index in [9.17, 15) is 0 Å². The number of nitrogens with zero attached hydrogens (tertiary/aromatic N) is 5. The lowest BCUT2D eigenvalue weighted by Gasteiger charge is -2.04. The van der Waals surface area contributed by atoms with Crippen molar-refractivity contribution in [2.75, 3.05) is 5.32 Å². The molecule has 0 atom stereocenters. The predicted molar refractivity (Wildman–Crippen MR) is 88.0 cm³/mol. The summed E-state index contributed by atoms with van der Waals surface area (Å²) in [5, 5.41) is 24.3. The zero-order chi connectivity index (χ0) is 16.1. The fourth-order valence-corrected chi connectivity index (χ4v) is 2.16. The molecule has 0 aliphatic rings. The van der Waals surface area contributed by atoms with E-state index < -0.39 is 0 Å². The van der Waals surface area contributed by atoms with E-state index in [1.165, 1.54) is 0 Å². The topological polar surface area (TPSA) is 79.4 Å². The Morgan fingerprint density at radius 2 is 2.00 bits per heavy atom. The van der Waals surface area contributed by atoms with Gasteiger partial charge in [-0.3, -0.25) is 0 Å². The first-order chi connectivity index (χ1) is 11.3. The zero-order valence-electron chi connectivity index (χ0n) is 11.9. The van der Waals surface area contributed by atoms with E-state index in [4.69, 9.17) is 16.9 Å². The molecule has 0 aliphatic carbocycles. The third kappa shape index (κ3) is 3.36. The molecule has 7 heteroatoms. The Bertz CT molecular complexity index is 879. The highest BCUT2D eigenvalue weighted by Crippen LogP contribution is 2.20. The van der Waals surface area contributed by atoms with Crippen LogP contribution in [0.25, 0.3) is 11.8 Å². The van der Waals surface area contributed by atoms with Gasteiger partial charge in [-0.2, -0.15) is 9.94 Å². The van der Waals surface area contributed by atoms with Crippen LogP contribution in [0.2, 0.25) is 5.02 Å². The SMILES string of the molecule is N#Cc1ccc(Cl)cc1NC=Cc1nnnn1-c1ccccc1. The average Bonchev–Trinajstić information content (AvgIpc) is 3.04. The maximum absolute atomic E-state index is 9.09. The first kappa shape index (κ1) is 14.8. The van der Waals surface area contributed by atoms with Gasteiger partial charge in [-0.15, -0.1) is 5.10 Å². The van der Waals surface area contributed by atoms with Gasteiger partial charge < -0.3 is 5.32 Å². The molecule has 1 heterocycles. The van der Waals surface area contributed by atoms with Crippen LogP contribution in [0.3, 0.4) is 0 Å². The highest BCUT2D eigenvalue weighted by molar-refractivity contribution is 6.30. The van der Waals surface area contributed by atoms with Crippen LogP contribution in [-0.2, 0) is 0 Å². The molecule has 0 saturated heterocycles. The van der Waals surface area contributed by atoms with E-state index in [1.807, 2.05) is 30.3 Å². The molecular weight excluding hydrogens is 312 g/mol. The number of rotatable bonds is 4. The summed E-state index contributed by atoms with van der Waals surface area (Å²) in [5.41, 5.74) is 1.98. The van der Waals surface area contributed by atoms with Crippen molar-refractivity contribution in [3.8, 4) is 11.8 Å². The maximum atomic E-state index is 9.09. The molecule has 1 N–H and O–H groups in total. The number of hydrogen-bond acceptors (Lipinski definition) is 5. The number of benzene rings is 2. The summed E-state index contributed by atoms with van der Waals surface area (Å²) < 4.78 is 1.61. The molecule has 0 aliphatic heterocycles. The van der Waals surface area contributed by atoms with Crippen molar-refractivity contribution in [2.45, 2.75) is 0 Å². The number of hydrogen-bond donors (Lipinski definition) is 1. The molecule has 0 unspecified atom stereocenters. The minimum Gasteiger partial charge on any atom is -0.360 e. The largest absolute Gasteiger partial charge is 0.360 e. The monoisotopic (exact) mass is 322 g/mol. The molecule has 3 rings (SSSR count). The van der Waals surface area contributed by atoms with Crippen LogP contribution in [0.15, 0.2) is 54.7 Å². The van der Waals surface area contributed by atoms with Gasteiger partial charge in [0.2, 0.25) is 0 Å². The first-order valence-electron chi connectivity index (χ1n) is 6.74. The molecule has 2 aromatic carbocycles. The van der Waals surface area contributed by atoms with Gasteiger partial charge in [0.25, 0.3) is 0 Å². The Labute approximate surface area is 137 Å². The molecule has 0 spiro atoms. The number of nitrogens with one attached hydrogen (secondary N) is 1. The van der Waals surface area contributed by atoms with Crippen LogP contribution >= 0.6 is 11.6 Å². The summed E-state index contributed by atoms with van der Waals surface area (Å²) in [7, 11) is 0. The van der Waals surface area contributed by atoms with Crippen LogP contribution in [-0.4, -0.2) is 20.2 Å². The van der Waals surface area contributed by atoms with Gasteiger partial charge in [0.1, 0.15) is 6.07 Å². The minimum absolute atomic E-state index is 0.502. The van der Waals surface area contributed by atoms with Crippen molar-refractivity contribution >= 4 is 23.4 Å². The lowest BCUT2D eigenvalue weighted by molar-refractivity contribution is 0.787. The number of aromatic nitrogens is 4. The van der Waals surface area contributed by atoms with Gasteiger partial charge in [-0.25, -0.2) is 0 Å². The molecule has 1 aromatic heterocycles. The van der Waals surface area contributed by atoms with Gasteiger partial charge in [-0.05, 0) is 40.8 Å². The molecule has 23 heavy (non-hydrogen) atoms. The van der Waals surface area contributed by atoms with Crippen LogP contribution in [0.4, 0.5) is 5.69 Å². The van der Waals surface area contributed by atoms with E-state index in [0.29, 0.717) is 22.1 Å². The second-order valence-electron chi connectivity index (χ2n) is 4.56. The average molecular weight is 323 g/mol. The second-order valence-corrected chi connectivity index (χ2v) is 5.00. The van der Waals surface area contributed by atoms with Crippen molar-refractivity contribution in [2.24, 2.45) is 0 Å². The fourth-order valence-electron chi connectivity index (χ4n) is 1.99. The van der Waals surface area contributed by atoms with Gasteiger partial charge >= 0.3 is 0 Å². The lowest BCUT2D eigenvalue weighted by Crippen LogP contribution is -1.99. The second kappa shape index (κ2) is 6.73. The normalized spacial score (nSPS) is 10.6. The highest BCUT2D eigenvalue weighted by Gasteiger charge is 2.05. The van der Waals surface area contributed by atoms with E-state index in [1.54, 1.807) is 35.2 Å². The summed E-state index contributed by atoms with van der Waals surface area (Å²) in [6.07, 6.45) is 3.38. The smallest absolute Gasteiger partial charge is 0.181 e. The quantitative estimate of drug-likeness (QED) is 0.797. The highest BCUT2D eigenvalue weighted by atomic mass is 35.5. The molecule has 6 nitrogen and oxygen atoms in total. The molecule has 112 valence electrons. The molecule has 0 saturated carbocycles. The summed E-state index contributed by atoms with van der Waals surface area (Å²) >= 11 is 5.95. The van der Waals surface area contributed by atoms with E-state index >= 15 is 0 Å². The molecule has 0 radical (unpaired) electrons. The third-order valence-electron chi connectivity index (χ3n) is 3.07. The number of nitriles is 1. The van der Waals surface area contributed by atoms with Crippen molar-refractivity contribution < 1.29 is 0 Å². The Morgan fingerprint density at radius 3 is 2.78 bits per heavy atom. The molecule has 0 fully saturated rings.